The van der Waals surface area contributed by atoms with E-state index in [0.29, 0.717) is 49.3 Å². The van der Waals surface area contributed by atoms with Crippen molar-refractivity contribution in [2.24, 2.45) is 0 Å². The molecule has 0 spiro atoms. The number of nitrogen functional groups attached to an aromatic ring is 1. The summed E-state index contributed by atoms with van der Waals surface area (Å²) in [6, 6.07) is 28.7. The second-order valence-electron chi connectivity index (χ2n) is 14.9. The maximum Gasteiger partial charge on any atom is 0.326 e. The van der Waals surface area contributed by atoms with E-state index in [1.54, 1.807) is 78.9 Å². The molecule has 0 fully saturated rings. The standard InChI is InChI=1S/C45H36Cl2N6O8S2/c1-24-44(62-45(49)50-24)63(58,59)53-22-32-20-39-36(51-42(55)40(61-39)30-11-13-33(14-12-30)60-23-27-6-15-34(46)35(47)16-27)18-31(32)19-38(53)41(54)52-37(43(56)57)17-25-2-7-28(8-3-25)29-9-4-26(21-48)5-10-29/h2-16,18,20,37-38,40H,17,19,22-23H2,1H3,(H2,49,50)(H,51,55)(H,52,54)(H,56,57). The summed E-state index contributed by atoms with van der Waals surface area (Å²) in [5, 5.41) is 25.7. The quantitative estimate of drug-likeness (QED) is 0.0946. The van der Waals surface area contributed by atoms with Crippen molar-refractivity contribution in [1.82, 2.24) is 14.6 Å². The SMILES string of the molecule is Cc1nc(N)sc1S(=O)(=O)N1Cc2cc3c(cc2CC1C(=O)NC(Cc1ccc(-c2ccc(C#N)cc2)cc1)C(=O)O)NC(=O)C(c1ccc(OCc2ccc(Cl)c(Cl)c2)cc1)O3. The number of hydrogen-bond donors (Lipinski definition) is 4. The number of thiazole rings is 1. The predicted molar refractivity (Wildman–Crippen MR) is 237 cm³/mol. The average Bonchev–Trinajstić information content (AvgIpc) is 3.63. The highest BCUT2D eigenvalue weighted by molar-refractivity contribution is 7.91. The number of sulfonamides is 1. The summed E-state index contributed by atoms with van der Waals surface area (Å²) in [5.41, 5.74) is 11.6. The van der Waals surface area contributed by atoms with Crippen molar-refractivity contribution in [3.8, 4) is 28.7 Å². The van der Waals surface area contributed by atoms with Crippen LogP contribution in [0.2, 0.25) is 10.0 Å². The van der Waals surface area contributed by atoms with Crippen LogP contribution in [0.3, 0.4) is 0 Å². The number of nitriles is 1. The van der Waals surface area contributed by atoms with Crippen LogP contribution in [0.15, 0.2) is 107 Å². The molecule has 2 aliphatic rings. The van der Waals surface area contributed by atoms with E-state index in [9.17, 15) is 27.9 Å². The van der Waals surface area contributed by atoms with E-state index >= 15 is 0 Å². The molecule has 2 amide bonds. The van der Waals surface area contributed by atoms with Gasteiger partial charge in [-0.3, -0.25) is 9.59 Å². The summed E-state index contributed by atoms with van der Waals surface area (Å²) in [7, 11) is -4.43. The Labute approximate surface area is 375 Å². The van der Waals surface area contributed by atoms with Gasteiger partial charge in [0.1, 0.15) is 30.2 Å². The largest absolute Gasteiger partial charge is 0.489 e. The number of hydrogen-bond acceptors (Lipinski definition) is 11. The van der Waals surface area contributed by atoms with Crippen LogP contribution < -0.4 is 25.8 Å². The van der Waals surface area contributed by atoms with E-state index in [-0.39, 0.29) is 46.8 Å². The first-order chi connectivity index (χ1) is 30.2. The molecule has 3 heterocycles. The zero-order valence-corrected chi connectivity index (χ0v) is 36.3. The fourth-order valence-corrected chi connectivity index (χ4v) is 10.7. The minimum absolute atomic E-state index is 0.0240. The van der Waals surface area contributed by atoms with Crippen molar-refractivity contribution >= 4 is 73.2 Å². The fraction of sp³-hybridized carbons (Fsp3) is 0.178. The second kappa shape index (κ2) is 17.7. The van der Waals surface area contributed by atoms with Crippen LogP contribution in [-0.2, 0) is 50.4 Å². The number of nitrogens with one attached hydrogen (secondary N) is 2. The molecule has 14 nitrogen and oxygen atoms in total. The van der Waals surface area contributed by atoms with Gasteiger partial charge >= 0.3 is 5.97 Å². The number of aromatic nitrogens is 1. The molecule has 6 aromatic rings. The van der Waals surface area contributed by atoms with E-state index in [1.165, 1.54) is 6.92 Å². The summed E-state index contributed by atoms with van der Waals surface area (Å²) in [6.45, 7) is 1.45. The lowest BCUT2D eigenvalue weighted by Crippen LogP contribution is -2.55. The normalized spacial score (nSPS) is 16.4. The van der Waals surface area contributed by atoms with Gasteiger partial charge in [-0.25, -0.2) is 18.2 Å². The van der Waals surface area contributed by atoms with Crippen LogP contribution in [0.25, 0.3) is 11.1 Å². The summed E-state index contributed by atoms with van der Waals surface area (Å²) < 4.78 is 41.8. The number of carbonyl (C=O) groups is 3. The maximum atomic E-state index is 14.4. The van der Waals surface area contributed by atoms with Gasteiger partial charge in [0.2, 0.25) is 12.0 Å². The molecule has 3 unspecified atom stereocenters. The first kappa shape index (κ1) is 43.2. The Kier molecular flexibility index (Phi) is 12.1. The Morgan fingerprint density at radius 1 is 1.00 bits per heavy atom. The van der Waals surface area contributed by atoms with Crippen LogP contribution in [0.5, 0.6) is 11.5 Å². The number of aliphatic carboxylic acids is 1. The Hall–Kier alpha value is -6.48. The van der Waals surface area contributed by atoms with E-state index in [2.05, 4.69) is 21.7 Å². The van der Waals surface area contributed by atoms with Crippen LogP contribution >= 0.6 is 34.5 Å². The summed E-state index contributed by atoms with van der Waals surface area (Å²) in [6.07, 6.45) is -1.30. The molecule has 0 saturated heterocycles. The van der Waals surface area contributed by atoms with Crippen LogP contribution in [0.1, 0.15) is 45.2 Å². The van der Waals surface area contributed by atoms with Crippen molar-refractivity contribution in [2.45, 2.75) is 55.3 Å². The molecule has 0 radical (unpaired) electrons. The molecule has 18 heteroatoms. The van der Waals surface area contributed by atoms with Gasteiger partial charge in [0.05, 0.1) is 33.1 Å². The van der Waals surface area contributed by atoms with E-state index in [0.717, 1.165) is 32.3 Å². The van der Waals surface area contributed by atoms with Gasteiger partial charge in [-0.05, 0) is 95.3 Å². The van der Waals surface area contributed by atoms with Gasteiger partial charge in [-0.15, -0.1) is 0 Å². The van der Waals surface area contributed by atoms with Crippen molar-refractivity contribution in [2.75, 3.05) is 11.1 Å². The molecule has 2 aliphatic heterocycles. The number of carboxylic acid groups (broad SMARTS) is 1. The number of benzene rings is 5. The minimum atomic E-state index is -4.43. The average molecular weight is 924 g/mol. The third-order valence-corrected chi connectivity index (χ3v) is 14.8. The van der Waals surface area contributed by atoms with Crippen molar-refractivity contribution in [3.05, 3.63) is 152 Å². The summed E-state index contributed by atoms with van der Waals surface area (Å²) in [4.78, 5) is 44.4. The van der Waals surface area contributed by atoms with E-state index < -0.39 is 46.0 Å². The molecular weight excluding hydrogens is 888 g/mol. The molecule has 0 saturated carbocycles. The number of halogens is 2. The maximum absolute atomic E-state index is 14.4. The van der Waals surface area contributed by atoms with Crippen LogP contribution in [0.4, 0.5) is 10.8 Å². The topological polar surface area (TPSA) is 214 Å². The Bertz CT molecular complexity index is 2920. The zero-order chi connectivity index (χ0) is 44.6. The van der Waals surface area contributed by atoms with Gasteiger partial charge in [-0.1, -0.05) is 89.1 Å². The van der Waals surface area contributed by atoms with Gasteiger partial charge in [-0.2, -0.15) is 9.57 Å². The number of ether oxygens (including phenoxy) is 2. The number of rotatable bonds is 12. The first-order valence-corrected chi connectivity index (χ1v) is 22.4. The number of anilines is 2. The van der Waals surface area contributed by atoms with Crippen molar-refractivity contribution in [1.29, 1.82) is 5.26 Å². The van der Waals surface area contributed by atoms with Crippen molar-refractivity contribution < 1.29 is 37.4 Å². The molecular formula is C45H36Cl2N6O8S2. The third kappa shape index (κ3) is 9.19. The number of fused-ring (bicyclic) bond motifs is 2. The van der Waals surface area contributed by atoms with Crippen molar-refractivity contribution in [3.63, 3.8) is 0 Å². The minimum Gasteiger partial charge on any atom is -0.489 e. The van der Waals surface area contributed by atoms with Gasteiger partial charge < -0.3 is 30.9 Å². The van der Waals surface area contributed by atoms with Crippen LogP contribution in [0, 0.1) is 18.3 Å². The first-order valence-electron chi connectivity index (χ1n) is 19.3. The van der Waals surface area contributed by atoms with E-state index in [4.69, 9.17) is 43.7 Å². The number of amides is 2. The highest BCUT2D eigenvalue weighted by Crippen LogP contribution is 2.41. The lowest BCUT2D eigenvalue weighted by atomic mass is 9.93. The van der Waals surface area contributed by atoms with Gasteiger partial charge in [0.25, 0.3) is 15.9 Å². The monoisotopic (exact) mass is 922 g/mol. The molecule has 0 aliphatic carbocycles. The third-order valence-electron chi connectivity index (χ3n) is 10.7. The van der Waals surface area contributed by atoms with Gasteiger partial charge in [0.15, 0.2) is 9.34 Å². The number of carboxylic acids is 1. The molecule has 5 N–H and O–H groups in total. The van der Waals surface area contributed by atoms with Crippen LogP contribution in [-0.4, -0.2) is 52.7 Å². The zero-order valence-electron chi connectivity index (χ0n) is 33.2. The fourth-order valence-electron chi connectivity index (χ4n) is 7.42. The lowest BCUT2D eigenvalue weighted by molar-refractivity contribution is -0.142. The number of carbonyl (C=O) groups excluding carboxylic acids is 2. The smallest absolute Gasteiger partial charge is 0.326 e. The molecule has 8 rings (SSSR count). The molecule has 3 atom stereocenters. The highest BCUT2D eigenvalue weighted by Gasteiger charge is 2.43. The molecule has 320 valence electrons. The molecule has 63 heavy (non-hydrogen) atoms. The Morgan fingerprint density at radius 2 is 1.68 bits per heavy atom. The number of aryl methyl sites for hydroxylation is 1. The molecule has 5 aromatic carbocycles. The number of nitrogens with two attached hydrogens (primary N) is 1. The Morgan fingerprint density at radius 3 is 2.32 bits per heavy atom. The molecule has 0 bridgehead atoms. The highest BCUT2D eigenvalue weighted by atomic mass is 35.5. The second-order valence-corrected chi connectivity index (χ2v) is 18.8. The molecule has 1 aromatic heterocycles. The van der Waals surface area contributed by atoms with Gasteiger partial charge in [0, 0.05) is 18.5 Å². The predicted octanol–water partition coefficient (Wildman–Crippen LogP) is 7.46. The lowest BCUT2D eigenvalue weighted by Gasteiger charge is -2.36. The Balaban J connectivity index is 1.02. The summed E-state index contributed by atoms with van der Waals surface area (Å²) >= 11 is 12.9. The number of nitrogens with zero attached hydrogens (tertiary/aromatic N) is 3. The van der Waals surface area contributed by atoms with E-state index in [1.807, 2.05) is 24.3 Å². The summed E-state index contributed by atoms with van der Waals surface area (Å²) in [5.74, 6) is -1.77.